The molecule has 0 aromatic heterocycles. The lowest BCUT2D eigenvalue weighted by Gasteiger charge is -2.30. The van der Waals surface area contributed by atoms with E-state index in [2.05, 4.69) is 0 Å². The van der Waals surface area contributed by atoms with Crippen molar-refractivity contribution in [3.05, 3.63) is 70.8 Å². The Morgan fingerprint density at radius 1 is 1.17 bits per heavy atom. The minimum Gasteiger partial charge on any atom is -0.478 e. The predicted octanol–water partition coefficient (Wildman–Crippen LogP) is 2.97. The first-order valence-electron chi connectivity index (χ1n) is 7.59. The molecule has 0 heterocycles. The number of carbonyl (C=O) groups is 1. The summed E-state index contributed by atoms with van der Waals surface area (Å²) in [5.41, 5.74) is 2.56. The normalized spacial score (nSPS) is 17.0. The molecule has 0 bridgehead atoms. The summed E-state index contributed by atoms with van der Waals surface area (Å²) < 4.78 is 13.2. The van der Waals surface area contributed by atoms with Gasteiger partial charge < -0.3 is 14.9 Å². The van der Waals surface area contributed by atoms with Crippen molar-refractivity contribution in [2.75, 3.05) is 0 Å². The second-order valence-electron chi connectivity index (χ2n) is 5.87. The van der Waals surface area contributed by atoms with Crippen LogP contribution >= 0.6 is 7.75 Å². The quantitative estimate of drug-likeness (QED) is 0.720. The van der Waals surface area contributed by atoms with E-state index in [4.69, 9.17) is 5.11 Å². The summed E-state index contributed by atoms with van der Waals surface area (Å²) in [5.74, 6) is -1.05. The molecular weight excluding hydrogens is 329 g/mol. The Labute approximate surface area is 139 Å². The number of aromatic carboxylic acids is 1. The first kappa shape index (κ1) is 16.9. The minimum absolute atomic E-state index is 0.104. The van der Waals surface area contributed by atoms with Crippen LogP contribution in [0.2, 0.25) is 0 Å². The van der Waals surface area contributed by atoms with Gasteiger partial charge in [0, 0.05) is 12.6 Å². The lowest BCUT2D eigenvalue weighted by Crippen LogP contribution is -2.24. The summed E-state index contributed by atoms with van der Waals surface area (Å²) in [5, 5.41) is 9.17. The third kappa shape index (κ3) is 3.42. The van der Waals surface area contributed by atoms with E-state index in [9.17, 15) is 19.1 Å². The molecule has 3 N–H and O–H groups in total. The molecule has 3 rings (SSSR count). The Kier molecular flexibility index (Phi) is 4.56. The molecule has 0 radical (unpaired) electrons. The lowest BCUT2D eigenvalue weighted by molar-refractivity contribution is 0.0696. The smallest absolute Gasteiger partial charge is 0.403 e. The third-order valence-corrected chi connectivity index (χ3v) is 5.41. The van der Waals surface area contributed by atoms with Crippen molar-refractivity contribution in [2.45, 2.75) is 25.4 Å². The number of hydrogen-bond donors (Lipinski definition) is 3. The van der Waals surface area contributed by atoms with Crippen LogP contribution in [0.3, 0.4) is 0 Å². The van der Waals surface area contributed by atoms with Gasteiger partial charge in [-0.05, 0) is 41.7 Å². The van der Waals surface area contributed by atoms with E-state index in [0.29, 0.717) is 18.4 Å². The second-order valence-corrected chi connectivity index (χ2v) is 7.41. The van der Waals surface area contributed by atoms with E-state index in [1.807, 2.05) is 30.3 Å². The van der Waals surface area contributed by atoms with Crippen LogP contribution in [-0.4, -0.2) is 25.5 Å². The van der Waals surface area contributed by atoms with Crippen molar-refractivity contribution in [2.24, 2.45) is 0 Å². The number of rotatable bonds is 5. The van der Waals surface area contributed by atoms with Gasteiger partial charge in [-0.15, -0.1) is 0 Å². The number of hydrogen-bond acceptors (Lipinski definition) is 2. The van der Waals surface area contributed by atoms with E-state index < -0.39 is 19.8 Å². The molecule has 1 aliphatic rings. The van der Waals surface area contributed by atoms with Crippen molar-refractivity contribution < 1.29 is 24.3 Å². The van der Waals surface area contributed by atoms with E-state index in [0.717, 1.165) is 11.1 Å². The minimum atomic E-state index is -4.50. The number of fused-ring (bicyclic) bond motifs is 1. The Morgan fingerprint density at radius 3 is 2.50 bits per heavy atom. The van der Waals surface area contributed by atoms with Gasteiger partial charge in [0.15, 0.2) is 0 Å². The fourth-order valence-electron chi connectivity index (χ4n) is 3.18. The van der Waals surface area contributed by atoms with Crippen LogP contribution in [0.25, 0.3) is 0 Å². The molecule has 0 spiro atoms. The first-order valence-corrected chi connectivity index (χ1v) is 9.15. The zero-order chi connectivity index (χ0) is 17.3. The highest BCUT2D eigenvalue weighted by atomic mass is 31.2. The van der Waals surface area contributed by atoms with Gasteiger partial charge in [-0.1, -0.05) is 36.4 Å². The lowest BCUT2D eigenvalue weighted by atomic mass is 10.0. The number of benzene rings is 2. The van der Waals surface area contributed by atoms with E-state index in [1.54, 1.807) is 6.07 Å². The molecule has 24 heavy (non-hydrogen) atoms. The maximum atomic E-state index is 12.1. The molecular formula is C17H18NO5P. The molecule has 7 heteroatoms. The van der Waals surface area contributed by atoms with E-state index >= 15 is 0 Å². The summed E-state index contributed by atoms with van der Waals surface area (Å²) in [6, 6.07) is 13.4. The Hall–Kier alpha value is -1.98. The highest BCUT2D eigenvalue weighted by molar-refractivity contribution is 7.49. The molecule has 0 amide bonds. The van der Waals surface area contributed by atoms with Crippen molar-refractivity contribution in [3.8, 4) is 0 Å². The van der Waals surface area contributed by atoms with Gasteiger partial charge in [0.05, 0.1) is 5.56 Å². The van der Waals surface area contributed by atoms with Crippen molar-refractivity contribution in [3.63, 3.8) is 0 Å². The van der Waals surface area contributed by atoms with E-state index in [1.165, 1.54) is 16.8 Å². The van der Waals surface area contributed by atoms with Crippen LogP contribution in [0, 0.1) is 0 Å². The van der Waals surface area contributed by atoms with Crippen molar-refractivity contribution in [1.29, 1.82) is 0 Å². The number of carboxylic acids is 1. The Morgan fingerprint density at radius 2 is 1.88 bits per heavy atom. The SMILES string of the molecule is O=C(O)c1ccc2c(c1)C(N(Cc1ccccc1)P(=O)(O)O)CC2. The van der Waals surface area contributed by atoms with Crippen LogP contribution in [0.15, 0.2) is 48.5 Å². The molecule has 0 fully saturated rings. The van der Waals surface area contributed by atoms with Crippen LogP contribution in [0.1, 0.15) is 39.5 Å². The maximum absolute atomic E-state index is 12.1. The van der Waals surface area contributed by atoms with Crippen molar-refractivity contribution in [1.82, 2.24) is 4.67 Å². The maximum Gasteiger partial charge on any atom is 0.403 e. The summed E-state index contributed by atoms with van der Waals surface area (Å²) in [6.07, 6.45) is 1.22. The zero-order valence-corrected chi connectivity index (χ0v) is 13.8. The Balaban J connectivity index is 1.98. The molecule has 2 aromatic rings. The van der Waals surface area contributed by atoms with Gasteiger partial charge in [-0.25, -0.2) is 9.36 Å². The summed E-state index contributed by atoms with van der Waals surface area (Å²) >= 11 is 0. The molecule has 0 saturated carbocycles. The third-order valence-electron chi connectivity index (χ3n) is 4.32. The second kappa shape index (κ2) is 6.49. The molecule has 1 unspecified atom stereocenters. The largest absolute Gasteiger partial charge is 0.478 e. The number of nitrogens with zero attached hydrogens (tertiary/aromatic N) is 1. The molecule has 0 saturated heterocycles. The molecule has 126 valence electrons. The first-order chi connectivity index (χ1) is 11.4. The summed E-state index contributed by atoms with van der Waals surface area (Å²) in [7, 11) is -4.50. The van der Waals surface area contributed by atoms with Gasteiger partial charge >= 0.3 is 13.7 Å². The van der Waals surface area contributed by atoms with Gasteiger partial charge in [0.2, 0.25) is 0 Å². The van der Waals surface area contributed by atoms with E-state index in [-0.39, 0.29) is 12.1 Å². The van der Waals surface area contributed by atoms with Crippen LogP contribution < -0.4 is 0 Å². The zero-order valence-electron chi connectivity index (χ0n) is 12.9. The average molecular weight is 347 g/mol. The number of carboxylic acid groups (broad SMARTS) is 1. The molecule has 1 aliphatic carbocycles. The molecule has 1 atom stereocenters. The van der Waals surface area contributed by atoms with Gasteiger partial charge in [-0.3, -0.25) is 0 Å². The van der Waals surface area contributed by atoms with Crippen molar-refractivity contribution >= 4 is 13.7 Å². The summed E-state index contributed by atoms with van der Waals surface area (Å²) in [6.45, 7) is 0.104. The van der Waals surface area contributed by atoms with Gasteiger partial charge in [0.25, 0.3) is 0 Å². The fraction of sp³-hybridized carbons (Fsp3) is 0.235. The average Bonchev–Trinajstić information content (AvgIpc) is 2.95. The predicted molar refractivity (Wildman–Crippen MR) is 88.5 cm³/mol. The summed E-state index contributed by atoms with van der Waals surface area (Å²) in [4.78, 5) is 30.8. The Bertz CT molecular complexity index is 802. The standard InChI is InChI=1S/C17H18NO5P/c19-17(20)14-7-6-13-8-9-16(15(13)10-14)18(24(21,22)23)11-12-4-2-1-3-5-12/h1-7,10,16H,8-9,11H2,(H,19,20)(H2,21,22,23). The molecule has 0 aliphatic heterocycles. The van der Waals surface area contributed by atoms with Crippen LogP contribution in [-0.2, 0) is 17.5 Å². The van der Waals surface area contributed by atoms with Crippen LogP contribution in [0.5, 0.6) is 0 Å². The van der Waals surface area contributed by atoms with Crippen LogP contribution in [0.4, 0.5) is 0 Å². The fourth-order valence-corrected chi connectivity index (χ4v) is 4.13. The number of aryl methyl sites for hydroxylation is 1. The van der Waals surface area contributed by atoms with Gasteiger partial charge in [-0.2, -0.15) is 4.67 Å². The monoisotopic (exact) mass is 347 g/mol. The van der Waals surface area contributed by atoms with Gasteiger partial charge in [0.1, 0.15) is 0 Å². The highest BCUT2D eigenvalue weighted by Gasteiger charge is 2.37. The highest BCUT2D eigenvalue weighted by Crippen LogP contribution is 2.51. The molecule has 2 aromatic carbocycles. The molecule has 6 nitrogen and oxygen atoms in total. The topological polar surface area (TPSA) is 98.1 Å².